The van der Waals surface area contributed by atoms with Gasteiger partial charge in [-0.3, -0.25) is 4.79 Å². The fourth-order valence-corrected chi connectivity index (χ4v) is 3.76. The van der Waals surface area contributed by atoms with Gasteiger partial charge in [0.1, 0.15) is 0 Å². The van der Waals surface area contributed by atoms with E-state index < -0.39 is 0 Å². The Morgan fingerprint density at radius 3 is 3.00 bits per heavy atom. The van der Waals surface area contributed by atoms with E-state index in [1.54, 1.807) is 11.3 Å². The van der Waals surface area contributed by atoms with Crippen LogP contribution in [0.4, 0.5) is 0 Å². The Hall–Kier alpha value is -0.900. The molecule has 1 aromatic heterocycles. The molecular weight excluding hydrogens is 258 g/mol. The van der Waals surface area contributed by atoms with E-state index in [2.05, 4.69) is 12.3 Å². The molecule has 2 unspecified atom stereocenters. The van der Waals surface area contributed by atoms with E-state index in [9.17, 15) is 4.79 Å². The Balaban J connectivity index is 1.84. The number of hydrogen-bond acceptors (Lipinski definition) is 4. The van der Waals surface area contributed by atoms with Crippen LogP contribution in [0, 0.1) is 5.92 Å². The number of aryl methyl sites for hydroxylation is 1. The average Bonchev–Trinajstić information content (AvgIpc) is 3.05. The van der Waals surface area contributed by atoms with Crippen LogP contribution in [-0.2, 0) is 16.0 Å². The van der Waals surface area contributed by atoms with Gasteiger partial charge in [-0.2, -0.15) is 0 Å². The standard InChI is InChI=1S/C15H23NO2S/c1-3-11-5-6-12(9-11)15-16-13(10-19-15)7-8-14(17)18-4-2/h10-12H,3-9H2,1-2H3. The minimum absolute atomic E-state index is 0.121. The first kappa shape index (κ1) is 14.5. The second-order valence-electron chi connectivity index (χ2n) is 5.27. The molecule has 1 aliphatic rings. The van der Waals surface area contributed by atoms with E-state index in [4.69, 9.17) is 9.72 Å². The number of thiazole rings is 1. The van der Waals surface area contributed by atoms with Gasteiger partial charge in [-0.05, 0) is 32.1 Å². The van der Waals surface area contributed by atoms with Crippen LogP contribution in [0.3, 0.4) is 0 Å². The van der Waals surface area contributed by atoms with Crippen molar-refractivity contribution in [2.45, 2.75) is 58.3 Å². The minimum atomic E-state index is -0.121. The van der Waals surface area contributed by atoms with Gasteiger partial charge >= 0.3 is 5.97 Å². The highest BCUT2D eigenvalue weighted by Gasteiger charge is 2.26. The van der Waals surface area contributed by atoms with Gasteiger partial charge < -0.3 is 4.74 Å². The summed E-state index contributed by atoms with van der Waals surface area (Å²) >= 11 is 1.76. The molecule has 106 valence electrons. The van der Waals surface area contributed by atoms with Gasteiger partial charge in [-0.15, -0.1) is 11.3 Å². The van der Waals surface area contributed by atoms with Crippen LogP contribution in [-0.4, -0.2) is 17.6 Å². The number of rotatable bonds is 6. The minimum Gasteiger partial charge on any atom is -0.466 e. The summed E-state index contributed by atoms with van der Waals surface area (Å²) in [5.74, 6) is 1.42. The Morgan fingerprint density at radius 1 is 1.47 bits per heavy atom. The van der Waals surface area contributed by atoms with Crippen LogP contribution < -0.4 is 0 Å². The lowest BCUT2D eigenvalue weighted by atomic mass is 10.0. The lowest BCUT2D eigenvalue weighted by Gasteiger charge is -2.06. The third kappa shape index (κ3) is 4.03. The third-order valence-electron chi connectivity index (χ3n) is 3.93. The summed E-state index contributed by atoms with van der Waals surface area (Å²) < 4.78 is 4.94. The van der Waals surface area contributed by atoms with E-state index in [0.29, 0.717) is 25.4 Å². The van der Waals surface area contributed by atoms with Gasteiger partial charge in [0.05, 0.1) is 23.7 Å². The molecule has 0 aromatic carbocycles. The largest absolute Gasteiger partial charge is 0.466 e. The van der Waals surface area contributed by atoms with E-state index in [1.165, 1.54) is 30.7 Å². The van der Waals surface area contributed by atoms with Crippen LogP contribution in [0.2, 0.25) is 0 Å². The first-order chi connectivity index (χ1) is 9.22. The molecule has 0 aliphatic heterocycles. The zero-order chi connectivity index (χ0) is 13.7. The Morgan fingerprint density at radius 2 is 2.32 bits per heavy atom. The maximum atomic E-state index is 11.3. The van der Waals surface area contributed by atoms with E-state index >= 15 is 0 Å². The molecule has 2 atom stereocenters. The highest BCUT2D eigenvalue weighted by molar-refractivity contribution is 7.09. The van der Waals surface area contributed by atoms with Gasteiger partial charge in [-0.1, -0.05) is 13.3 Å². The number of carbonyl (C=O) groups is 1. The van der Waals surface area contributed by atoms with Crippen molar-refractivity contribution in [2.75, 3.05) is 6.61 Å². The van der Waals surface area contributed by atoms with Gasteiger partial charge in [0, 0.05) is 17.7 Å². The molecule has 0 spiro atoms. The second kappa shape index (κ2) is 7.04. The molecular formula is C15H23NO2S. The molecule has 0 radical (unpaired) electrons. The average molecular weight is 281 g/mol. The van der Waals surface area contributed by atoms with E-state index in [1.807, 2.05) is 6.92 Å². The highest BCUT2D eigenvalue weighted by atomic mass is 32.1. The normalized spacial score (nSPS) is 22.6. The first-order valence-electron chi connectivity index (χ1n) is 7.32. The summed E-state index contributed by atoms with van der Waals surface area (Å²) in [4.78, 5) is 16.0. The smallest absolute Gasteiger partial charge is 0.306 e. The summed E-state index contributed by atoms with van der Waals surface area (Å²) in [7, 11) is 0. The summed E-state index contributed by atoms with van der Waals surface area (Å²) in [6.45, 7) is 4.57. The molecule has 0 N–H and O–H groups in total. The number of nitrogens with zero attached hydrogens (tertiary/aromatic N) is 1. The molecule has 0 amide bonds. The van der Waals surface area contributed by atoms with Crippen LogP contribution in [0.15, 0.2) is 5.38 Å². The molecule has 1 heterocycles. The molecule has 0 bridgehead atoms. The van der Waals surface area contributed by atoms with Crippen LogP contribution in [0.25, 0.3) is 0 Å². The quantitative estimate of drug-likeness (QED) is 0.742. The van der Waals surface area contributed by atoms with Crippen molar-refractivity contribution in [1.82, 2.24) is 4.98 Å². The van der Waals surface area contributed by atoms with Crippen LogP contribution >= 0.6 is 11.3 Å². The zero-order valence-electron chi connectivity index (χ0n) is 11.9. The maximum Gasteiger partial charge on any atom is 0.306 e. The maximum absolute atomic E-state index is 11.3. The summed E-state index contributed by atoms with van der Waals surface area (Å²) in [6.07, 6.45) is 6.36. The van der Waals surface area contributed by atoms with Gasteiger partial charge in [0.25, 0.3) is 0 Å². The Labute approximate surface area is 119 Å². The SMILES string of the molecule is CCOC(=O)CCc1csc(C2CCC(CC)C2)n1. The van der Waals surface area contributed by atoms with Crippen LogP contribution in [0.5, 0.6) is 0 Å². The van der Waals surface area contributed by atoms with E-state index in [0.717, 1.165) is 11.6 Å². The molecule has 1 aromatic rings. The number of ether oxygens (including phenoxy) is 1. The predicted molar refractivity (Wildman–Crippen MR) is 77.4 cm³/mol. The number of aromatic nitrogens is 1. The first-order valence-corrected chi connectivity index (χ1v) is 8.20. The van der Waals surface area contributed by atoms with Crippen LogP contribution in [0.1, 0.15) is 62.6 Å². The van der Waals surface area contributed by atoms with Crippen molar-refractivity contribution in [1.29, 1.82) is 0 Å². The lowest BCUT2D eigenvalue weighted by Crippen LogP contribution is -2.05. The number of carbonyl (C=O) groups excluding carboxylic acids is 1. The molecule has 1 fully saturated rings. The van der Waals surface area contributed by atoms with Gasteiger partial charge in [-0.25, -0.2) is 4.98 Å². The highest BCUT2D eigenvalue weighted by Crippen LogP contribution is 2.40. The predicted octanol–water partition coefficient (Wildman–Crippen LogP) is 3.93. The topological polar surface area (TPSA) is 39.2 Å². The fraction of sp³-hybridized carbons (Fsp3) is 0.733. The van der Waals surface area contributed by atoms with Crippen molar-refractivity contribution in [2.24, 2.45) is 5.92 Å². The van der Waals surface area contributed by atoms with Crippen molar-refractivity contribution < 1.29 is 9.53 Å². The summed E-state index contributed by atoms with van der Waals surface area (Å²) in [6, 6.07) is 0. The molecule has 1 aliphatic carbocycles. The lowest BCUT2D eigenvalue weighted by molar-refractivity contribution is -0.143. The van der Waals surface area contributed by atoms with Crippen molar-refractivity contribution in [3.05, 3.63) is 16.1 Å². The Kier molecular flexibility index (Phi) is 5.37. The fourth-order valence-electron chi connectivity index (χ4n) is 2.76. The Bertz CT molecular complexity index is 416. The van der Waals surface area contributed by atoms with Crippen molar-refractivity contribution in [3.63, 3.8) is 0 Å². The molecule has 0 saturated heterocycles. The van der Waals surface area contributed by atoms with Crippen molar-refractivity contribution in [3.8, 4) is 0 Å². The third-order valence-corrected chi connectivity index (χ3v) is 4.98. The molecule has 1 saturated carbocycles. The summed E-state index contributed by atoms with van der Waals surface area (Å²) in [5.41, 5.74) is 1.05. The number of esters is 1. The van der Waals surface area contributed by atoms with Gasteiger partial charge in [0.15, 0.2) is 0 Å². The molecule has 3 nitrogen and oxygen atoms in total. The van der Waals surface area contributed by atoms with Gasteiger partial charge in [0.2, 0.25) is 0 Å². The second-order valence-corrected chi connectivity index (χ2v) is 6.16. The van der Waals surface area contributed by atoms with Crippen molar-refractivity contribution >= 4 is 17.3 Å². The number of hydrogen-bond donors (Lipinski definition) is 0. The molecule has 4 heteroatoms. The summed E-state index contributed by atoms with van der Waals surface area (Å²) in [5, 5.41) is 3.38. The molecule has 19 heavy (non-hydrogen) atoms. The van der Waals surface area contributed by atoms with E-state index in [-0.39, 0.29) is 5.97 Å². The molecule has 2 rings (SSSR count). The monoisotopic (exact) mass is 281 g/mol. The zero-order valence-corrected chi connectivity index (χ0v) is 12.7.